The standard InChI is InChI=1S/C23H24N2O3S/c1-5-28-23(27)20-21(26)19(14-16-8-12-18(13-9-16)25(3)4)29-22(20)24-17-10-6-15(2)7-11-17/h6-14,26H,5H2,1-4H3/b19-14-,24-22?. The molecule has 0 saturated carbocycles. The van der Waals surface area contributed by atoms with Gasteiger partial charge in [0.25, 0.3) is 0 Å². The summed E-state index contributed by atoms with van der Waals surface area (Å²) in [4.78, 5) is 19.6. The lowest BCUT2D eigenvalue weighted by Gasteiger charge is -2.11. The van der Waals surface area contributed by atoms with Gasteiger partial charge < -0.3 is 14.7 Å². The number of aliphatic imine (C=N–C) groups is 1. The van der Waals surface area contributed by atoms with Crippen molar-refractivity contribution in [1.29, 1.82) is 0 Å². The molecule has 1 aliphatic rings. The van der Waals surface area contributed by atoms with Crippen molar-refractivity contribution in [2.24, 2.45) is 4.99 Å². The first kappa shape index (κ1) is 20.7. The molecular formula is C23H24N2O3S. The number of hydrogen-bond acceptors (Lipinski definition) is 6. The predicted molar refractivity (Wildman–Crippen MR) is 121 cm³/mol. The van der Waals surface area contributed by atoms with E-state index < -0.39 is 5.97 Å². The number of benzene rings is 2. The summed E-state index contributed by atoms with van der Waals surface area (Å²) in [6.45, 7) is 3.96. The van der Waals surface area contributed by atoms with Crippen LogP contribution in [0.1, 0.15) is 18.1 Å². The molecule has 0 fully saturated rings. The molecule has 150 valence electrons. The minimum absolute atomic E-state index is 0.101. The average Bonchev–Trinajstić information content (AvgIpc) is 2.99. The van der Waals surface area contributed by atoms with Crippen LogP contribution in [0, 0.1) is 6.92 Å². The van der Waals surface area contributed by atoms with Gasteiger partial charge in [-0.2, -0.15) is 0 Å². The third-order valence-electron chi connectivity index (χ3n) is 4.34. The van der Waals surface area contributed by atoms with Crippen molar-refractivity contribution >= 4 is 40.2 Å². The maximum Gasteiger partial charge on any atom is 0.344 e. The van der Waals surface area contributed by atoms with Gasteiger partial charge in [0, 0.05) is 19.8 Å². The lowest BCUT2D eigenvalue weighted by atomic mass is 10.1. The van der Waals surface area contributed by atoms with E-state index in [1.54, 1.807) is 6.92 Å². The largest absolute Gasteiger partial charge is 0.506 e. The number of carbonyl (C=O) groups is 1. The van der Waals surface area contributed by atoms with Gasteiger partial charge in [-0.1, -0.05) is 41.6 Å². The minimum Gasteiger partial charge on any atom is -0.506 e. The number of hydrogen-bond donors (Lipinski definition) is 1. The molecule has 1 N–H and O–H groups in total. The van der Waals surface area contributed by atoms with Crippen molar-refractivity contribution in [2.45, 2.75) is 13.8 Å². The van der Waals surface area contributed by atoms with Crippen molar-refractivity contribution in [3.63, 3.8) is 0 Å². The maximum atomic E-state index is 12.5. The van der Waals surface area contributed by atoms with Gasteiger partial charge in [-0.3, -0.25) is 0 Å². The van der Waals surface area contributed by atoms with E-state index in [1.807, 2.05) is 80.5 Å². The molecule has 0 radical (unpaired) electrons. The minimum atomic E-state index is -0.574. The number of aliphatic hydroxyl groups is 1. The Labute approximate surface area is 175 Å². The number of ether oxygens (including phenoxy) is 1. The lowest BCUT2D eigenvalue weighted by Crippen LogP contribution is -2.12. The summed E-state index contributed by atoms with van der Waals surface area (Å²) < 4.78 is 5.14. The van der Waals surface area contributed by atoms with E-state index in [4.69, 9.17) is 4.74 Å². The topological polar surface area (TPSA) is 62.1 Å². The highest BCUT2D eigenvalue weighted by molar-refractivity contribution is 8.18. The number of esters is 1. The van der Waals surface area contributed by atoms with E-state index in [9.17, 15) is 9.90 Å². The quantitative estimate of drug-likeness (QED) is 0.684. The van der Waals surface area contributed by atoms with Gasteiger partial charge >= 0.3 is 5.97 Å². The number of thioether (sulfide) groups is 1. The van der Waals surface area contributed by atoms with Gasteiger partial charge in [0.2, 0.25) is 0 Å². The Hall–Kier alpha value is -2.99. The van der Waals surface area contributed by atoms with E-state index in [1.165, 1.54) is 11.8 Å². The van der Waals surface area contributed by atoms with Gasteiger partial charge in [0.05, 0.1) is 17.2 Å². The molecule has 3 rings (SSSR count). The molecule has 2 aromatic carbocycles. The molecule has 5 nitrogen and oxygen atoms in total. The van der Waals surface area contributed by atoms with Gasteiger partial charge in [-0.25, -0.2) is 9.79 Å². The Morgan fingerprint density at radius 1 is 1.14 bits per heavy atom. The predicted octanol–water partition coefficient (Wildman–Crippen LogP) is 5.25. The third-order valence-corrected chi connectivity index (χ3v) is 5.36. The van der Waals surface area contributed by atoms with Crippen LogP contribution >= 0.6 is 11.8 Å². The summed E-state index contributed by atoms with van der Waals surface area (Å²) in [6, 6.07) is 15.6. The summed E-state index contributed by atoms with van der Waals surface area (Å²) in [6.07, 6.45) is 1.84. The van der Waals surface area contributed by atoms with Gasteiger partial charge in [-0.15, -0.1) is 0 Å². The van der Waals surface area contributed by atoms with Crippen molar-refractivity contribution in [3.05, 3.63) is 75.9 Å². The summed E-state index contributed by atoms with van der Waals surface area (Å²) in [5, 5.41) is 11.2. The Balaban J connectivity index is 1.99. The zero-order chi connectivity index (χ0) is 21.0. The number of nitrogens with zero attached hydrogens (tertiary/aromatic N) is 2. The molecule has 0 spiro atoms. The maximum absolute atomic E-state index is 12.5. The van der Waals surface area contributed by atoms with Crippen molar-refractivity contribution < 1.29 is 14.6 Å². The van der Waals surface area contributed by atoms with E-state index in [-0.39, 0.29) is 17.9 Å². The first-order chi connectivity index (χ1) is 13.9. The van der Waals surface area contributed by atoms with Crippen molar-refractivity contribution in [3.8, 4) is 0 Å². The number of aryl methyl sites for hydroxylation is 1. The van der Waals surface area contributed by atoms with Crippen LogP contribution in [0.4, 0.5) is 11.4 Å². The highest BCUT2D eigenvalue weighted by Gasteiger charge is 2.33. The molecule has 0 atom stereocenters. The number of aliphatic hydroxyl groups excluding tert-OH is 1. The zero-order valence-corrected chi connectivity index (χ0v) is 17.8. The fraction of sp³-hybridized carbons (Fsp3) is 0.217. The first-order valence-electron chi connectivity index (χ1n) is 9.32. The van der Waals surface area contributed by atoms with Gasteiger partial charge in [0.1, 0.15) is 16.4 Å². The molecule has 0 aliphatic carbocycles. The number of rotatable bonds is 5. The summed E-state index contributed by atoms with van der Waals surface area (Å²) >= 11 is 1.26. The summed E-state index contributed by atoms with van der Waals surface area (Å²) in [5.74, 6) is -0.675. The Morgan fingerprint density at radius 2 is 1.79 bits per heavy atom. The monoisotopic (exact) mass is 408 g/mol. The normalized spacial score (nSPS) is 16.6. The molecule has 0 aromatic heterocycles. The van der Waals surface area contributed by atoms with E-state index in [2.05, 4.69) is 4.99 Å². The van der Waals surface area contributed by atoms with Crippen LogP contribution in [0.3, 0.4) is 0 Å². The Morgan fingerprint density at radius 3 is 2.38 bits per heavy atom. The van der Waals surface area contributed by atoms with Crippen LogP contribution in [-0.2, 0) is 9.53 Å². The third kappa shape index (κ3) is 4.90. The van der Waals surface area contributed by atoms with E-state index in [0.29, 0.717) is 15.6 Å². The molecular weight excluding hydrogens is 384 g/mol. The first-order valence-corrected chi connectivity index (χ1v) is 10.1. The smallest absolute Gasteiger partial charge is 0.344 e. The molecule has 2 aromatic rings. The van der Waals surface area contributed by atoms with Crippen molar-refractivity contribution in [1.82, 2.24) is 0 Å². The number of anilines is 1. The molecule has 0 saturated heterocycles. The fourth-order valence-electron chi connectivity index (χ4n) is 2.75. The van der Waals surface area contributed by atoms with Crippen LogP contribution in [0.2, 0.25) is 0 Å². The van der Waals surface area contributed by atoms with Crippen molar-refractivity contribution in [2.75, 3.05) is 25.6 Å². The Bertz CT molecular complexity index is 988. The summed E-state index contributed by atoms with van der Waals surface area (Å²) in [5.41, 5.74) is 3.95. The zero-order valence-electron chi connectivity index (χ0n) is 17.0. The van der Waals surface area contributed by atoms with Gasteiger partial charge in [-0.05, 0) is 49.8 Å². The molecule has 6 heteroatoms. The molecule has 1 heterocycles. The second kappa shape index (κ2) is 9.01. The molecule has 0 bridgehead atoms. The second-order valence-corrected chi connectivity index (χ2v) is 7.82. The second-order valence-electron chi connectivity index (χ2n) is 6.79. The molecule has 1 aliphatic heterocycles. The van der Waals surface area contributed by atoms with Crippen LogP contribution in [0.25, 0.3) is 6.08 Å². The Kier molecular flexibility index (Phi) is 6.44. The van der Waals surface area contributed by atoms with Crippen LogP contribution in [-0.4, -0.2) is 36.8 Å². The lowest BCUT2D eigenvalue weighted by molar-refractivity contribution is -0.138. The SMILES string of the molecule is CCOC(=O)C1=C(O)/C(=C/c2ccc(N(C)C)cc2)SC1=Nc1ccc(C)cc1. The van der Waals surface area contributed by atoms with E-state index in [0.717, 1.165) is 16.8 Å². The fourth-order valence-corrected chi connectivity index (χ4v) is 3.78. The number of carbonyl (C=O) groups excluding carboxylic acids is 1. The average molecular weight is 409 g/mol. The van der Waals surface area contributed by atoms with Gasteiger partial charge in [0.15, 0.2) is 0 Å². The molecule has 0 amide bonds. The van der Waals surface area contributed by atoms with E-state index >= 15 is 0 Å². The van der Waals surface area contributed by atoms with Crippen LogP contribution in [0.5, 0.6) is 0 Å². The highest BCUT2D eigenvalue weighted by Crippen LogP contribution is 2.40. The highest BCUT2D eigenvalue weighted by atomic mass is 32.2. The molecule has 29 heavy (non-hydrogen) atoms. The van der Waals surface area contributed by atoms with Crippen LogP contribution < -0.4 is 4.90 Å². The molecule has 0 unspecified atom stereocenters. The van der Waals surface area contributed by atoms with Crippen LogP contribution in [0.15, 0.2) is 69.8 Å². The summed E-state index contributed by atoms with van der Waals surface area (Å²) in [7, 11) is 3.96.